The molecule has 0 bridgehead atoms. The third kappa shape index (κ3) is 6.63. The fraction of sp³-hybridized carbons (Fsp3) is 0.300. The number of thioether (sulfide) groups is 1. The molecule has 0 heterocycles. The van der Waals surface area contributed by atoms with E-state index in [0.29, 0.717) is 6.42 Å². The minimum absolute atomic E-state index is 0.0913. The lowest BCUT2D eigenvalue weighted by Gasteiger charge is -2.18. The average molecular weight is 357 g/mol. The van der Waals surface area contributed by atoms with Gasteiger partial charge in [-0.2, -0.15) is 0 Å². The van der Waals surface area contributed by atoms with Crippen molar-refractivity contribution in [2.24, 2.45) is 0 Å². The molecule has 2 aromatic carbocycles. The zero-order chi connectivity index (χ0) is 18.1. The number of aliphatic carboxylic acids is 1. The highest BCUT2D eigenvalue weighted by Crippen LogP contribution is 2.22. The average Bonchev–Trinajstić information content (AvgIpc) is 2.57. The molecule has 0 aliphatic rings. The van der Waals surface area contributed by atoms with Crippen molar-refractivity contribution in [3.05, 3.63) is 65.7 Å². The van der Waals surface area contributed by atoms with E-state index in [4.69, 9.17) is 5.11 Å². The zero-order valence-corrected chi connectivity index (χ0v) is 15.1. The Balaban J connectivity index is 2.02. The smallest absolute Gasteiger partial charge is 0.305 e. The van der Waals surface area contributed by atoms with Gasteiger partial charge in [-0.15, -0.1) is 11.8 Å². The van der Waals surface area contributed by atoms with E-state index in [0.717, 1.165) is 21.8 Å². The molecule has 25 heavy (non-hydrogen) atoms. The minimum atomic E-state index is -0.914. The first kappa shape index (κ1) is 19.1. The van der Waals surface area contributed by atoms with E-state index in [-0.39, 0.29) is 18.7 Å². The summed E-state index contributed by atoms with van der Waals surface area (Å²) < 4.78 is 0. The Hall–Kier alpha value is -2.27. The van der Waals surface area contributed by atoms with Crippen LogP contribution in [0.5, 0.6) is 0 Å². The summed E-state index contributed by atoms with van der Waals surface area (Å²) in [5, 5.41) is 12.0. The van der Waals surface area contributed by atoms with Crippen molar-refractivity contribution in [2.45, 2.75) is 37.1 Å². The maximum absolute atomic E-state index is 12.4. The quantitative estimate of drug-likeness (QED) is 0.674. The molecule has 0 saturated carbocycles. The van der Waals surface area contributed by atoms with Crippen LogP contribution in [-0.2, 0) is 22.4 Å². The van der Waals surface area contributed by atoms with Crippen molar-refractivity contribution in [2.75, 3.05) is 5.75 Å². The van der Waals surface area contributed by atoms with Crippen LogP contribution in [0.15, 0.2) is 59.5 Å². The number of carbonyl (C=O) groups is 2. The van der Waals surface area contributed by atoms with E-state index in [9.17, 15) is 9.59 Å². The van der Waals surface area contributed by atoms with Crippen molar-refractivity contribution in [3.63, 3.8) is 0 Å². The highest BCUT2D eigenvalue weighted by molar-refractivity contribution is 7.99. The Morgan fingerprint density at radius 2 is 1.76 bits per heavy atom. The number of hydrogen-bond acceptors (Lipinski definition) is 3. The summed E-state index contributed by atoms with van der Waals surface area (Å²) >= 11 is 1.70. The van der Waals surface area contributed by atoms with Crippen LogP contribution in [0.1, 0.15) is 24.5 Å². The van der Waals surface area contributed by atoms with Crippen molar-refractivity contribution in [1.82, 2.24) is 5.32 Å². The standard InChI is InChI=1S/C20H23NO3S/c1-2-25-18-11-7-6-10-16(18)13-19(22)21-17(14-20(23)24)12-15-8-4-3-5-9-15/h3-11,17H,2,12-14H2,1H3,(H,21,22)(H,23,24)/t17-/m0/s1. The molecular formula is C20H23NO3S. The molecule has 1 atom stereocenters. The summed E-state index contributed by atoms with van der Waals surface area (Å²) in [6.45, 7) is 2.07. The molecule has 0 fully saturated rings. The first-order valence-corrected chi connectivity index (χ1v) is 9.32. The Labute approximate surface area is 152 Å². The van der Waals surface area contributed by atoms with E-state index in [2.05, 4.69) is 12.2 Å². The van der Waals surface area contributed by atoms with E-state index in [1.165, 1.54) is 0 Å². The summed E-state index contributed by atoms with van der Waals surface area (Å²) in [6.07, 6.45) is 0.671. The molecule has 132 valence electrons. The van der Waals surface area contributed by atoms with Gasteiger partial charge < -0.3 is 10.4 Å². The Kier molecular flexibility index (Phi) is 7.54. The molecule has 2 aromatic rings. The molecule has 2 N–H and O–H groups in total. The lowest BCUT2D eigenvalue weighted by Crippen LogP contribution is -2.39. The van der Waals surface area contributed by atoms with Crippen LogP contribution in [0.2, 0.25) is 0 Å². The summed E-state index contributed by atoms with van der Waals surface area (Å²) in [4.78, 5) is 24.7. The molecule has 0 unspecified atom stereocenters. The molecule has 0 aliphatic carbocycles. The van der Waals surface area contributed by atoms with E-state index < -0.39 is 12.0 Å². The Bertz CT molecular complexity index is 703. The molecule has 1 amide bonds. The summed E-state index contributed by atoms with van der Waals surface area (Å²) in [6, 6.07) is 17.0. The van der Waals surface area contributed by atoms with Gasteiger partial charge in [-0.25, -0.2) is 0 Å². The number of carboxylic acid groups (broad SMARTS) is 1. The van der Waals surface area contributed by atoms with Crippen LogP contribution < -0.4 is 5.32 Å². The van der Waals surface area contributed by atoms with E-state index in [1.807, 2.05) is 54.6 Å². The molecular weight excluding hydrogens is 334 g/mol. The SMILES string of the molecule is CCSc1ccccc1CC(=O)N[C@H](CC(=O)O)Cc1ccccc1. The van der Waals surface area contributed by atoms with Gasteiger partial charge in [0.15, 0.2) is 0 Å². The van der Waals surface area contributed by atoms with Gasteiger partial charge in [0.1, 0.15) is 0 Å². The number of carbonyl (C=O) groups excluding carboxylic acids is 1. The third-order valence-electron chi connectivity index (χ3n) is 3.73. The van der Waals surface area contributed by atoms with Crippen molar-refractivity contribution >= 4 is 23.6 Å². The maximum Gasteiger partial charge on any atom is 0.305 e. The van der Waals surface area contributed by atoms with Crippen molar-refractivity contribution in [3.8, 4) is 0 Å². The van der Waals surface area contributed by atoms with Crippen LogP contribution in [0.4, 0.5) is 0 Å². The van der Waals surface area contributed by atoms with Gasteiger partial charge >= 0.3 is 5.97 Å². The first-order chi connectivity index (χ1) is 12.1. The predicted octanol–water partition coefficient (Wildman–Crippen LogP) is 3.54. The summed E-state index contributed by atoms with van der Waals surface area (Å²) in [7, 11) is 0. The molecule has 5 heteroatoms. The number of amides is 1. The van der Waals surface area contributed by atoms with E-state index >= 15 is 0 Å². The number of rotatable bonds is 9. The van der Waals surface area contributed by atoms with Gasteiger partial charge in [-0.3, -0.25) is 9.59 Å². The van der Waals surface area contributed by atoms with Gasteiger partial charge in [-0.1, -0.05) is 55.5 Å². The number of benzene rings is 2. The third-order valence-corrected chi connectivity index (χ3v) is 4.73. The zero-order valence-electron chi connectivity index (χ0n) is 14.3. The topological polar surface area (TPSA) is 66.4 Å². The van der Waals surface area contributed by atoms with Crippen LogP contribution in [0.3, 0.4) is 0 Å². The normalized spacial score (nSPS) is 11.7. The lowest BCUT2D eigenvalue weighted by atomic mass is 10.0. The monoisotopic (exact) mass is 357 g/mol. The van der Waals surface area contributed by atoms with Crippen LogP contribution >= 0.6 is 11.8 Å². The van der Waals surface area contributed by atoms with Gasteiger partial charge in [0.2, 0.25) is 5.91 Å². The fourth-order valence-corrected chi connectivity index (χ4v) is 3.49. The van der Waals surface area contributed by atoms with Gasteiger partial charge in [0.25, 0.3) is 0 Å². The van der Waals surface area contributed by atoms with Crippen LogP contribution in [0.25, 0.3) is 0 Å². The van der Waals surface area contributed by atoms with Crippen LogP contribution in [-0.4, -0.2) is 28.8 Å². The molecule has 0 aromatic heterocycles. The number of hydrogen-bond donors (Lipinski definition) is 2. The van der Waals surface area contributed by atoms with Crippen molar-refractivity contribution < 1.29 is 14.7 Å². The fourth-order valence-electron chi connectivity index (χ4n) is 2.68. The maximum atomic E-state index is 12.4. The number of carboxylic acids is 1. The second-order valence-corrected chi connectivity index (χ2v) is 7.08. The minimum Gasteiger partial charge on any atom is -0.481 e. The van der Waals surface area contributed by atoms with Gasteiger partial charge in [0.05, 0.1) is 12.8 Å². The van der Waals surface area contributed by atoms with Gasteiger partial charge in [-0.05, 0) is 29.4 Å². The predicted molar refractivity (Wildman–Crippen MR) is 101 cm³/mol. The summed E-state index contributed by atoms with van der Waals surface area (Å²) in [5.41, 5.74) is 1.98. The van der Waals surface area contributed by atoms with Gasteiger partial charge in [0, 0.05) is 10.9 Å². The second kappa shape index (κ2) is 9.89. The second-order valence-electron chi connectivity index (χ2n) is 5.77. The van der Waals surface area contributed by atoms with E-state index in [1.54, 1.807) is 11.8 Å². The number of nitrogens with one attached hydrogen (secondary N) is 1. The van der Waals surface area contributed by atoms with Crippen molar-refractivity contribution in [1.29, 1.82) is 0 Å². The highest BCUT2D eigenvalue weighted by atomic mass is 32.2. The Morgan fingerprint density at radius 3 is 2.44 bits per heavy atom. The molecule has 0 aliphatic heterocycles. The molecule has 4 nitrogen and oxygen atoms in total. The molecule has 2 rings (SSSR count). The molecule has 0 spiro atoms. The first-order valence-electron chi connectivity index (χ1n) is 8.34. The Morgan fingerprint density at radius 1 is 1.08 bits per heavy atom. The molecule has 0 radical (unpaired) electrons. The van der Waals surface area contributed by atoms with Crippen LogP contribution in [0, 0.1) is 0 Å². The summed E-state index contributed by atoms with van der Waals surface area (Å²) in [5.74, 6) is -0.122. The largest absolute Gasteiger partial charge is 0.481 e. The lowest BCUT2D eigenvalue weighted by molar-refractivity contribution is -0.137. The molecule has 0 saturated heterocycles. The highest BCUT2D eigenvalue weighted by Gasteiger charge is 2.17.